The number of carbonyl (C=O) groups excluding carboxylic acids is 1. The Kier molecular flexibility index (Phi) is 6.65. The summed E-state index contributed by atoms with van der Waals surface area (Å²) >= 11 is 1.15. The fourth-order valence-corrected chi connectivity index (χ4v) is 4.00. The molecule has 0 saturated heterocycles. The molecule has 0 atom stereocenters. The van der Waals surface area contributed by atoms with Gasteiger partial charge in [0.1, 0.15) is 5.82 Å². The van der Waals surface area contributed by atoms with E-state index >= 15 is 0 Å². The summed E-state index contributed by atoms with van der Waals surface area (Å²) in [5, 5.41) is 15.1. The van der Waals surface area contributed by atoms with Crippen LogP contribution in [-0.4, -0.2) is 15.8 Å². The van der Waals surface area contributed by atoms with Crippen LogP contribution in [0.25, 0.3) is 0 Å². The molecule has 4 rings (SSSR count). The van der Waals surface area contributed by atoms with Gasteiger partial charge in [0.15, 0.2) is 11.5 Å². The number of H-pyrrole nitrogens is 1. The van der Waals surface area contributed by atoms with Crippen LogP contribution in [0, 0.1) is 20.8 Å². The van der Waals surface area contributed by atoms with E-state index in [1.807, 2.05) is 62.4 Å². The summed E-state index contributed by atoms with van der Waals surface area (Å²) in [6, 6.07) is 17.4. The van der Waals surface area contributed by atoms with Gasteiger partial charge in [-0.3, -0.25) is 9.59 Å². The highest BCUT2D eigenvalue weighted by Crippen LogP contribution is 2.30. The Morgan fingerprint density at radius 1 is 0.912 bits per heavy atom. The molecule has 0 radical (unpaired) electrons. The van der Waals surface area contributed by atoms with Gasteiger partial charge in [0, 0.05) is 18.3 Å². The van der Waals surface area contributed by atoms with Gasteiger partial charge in [0.25, 0.3) is 5.56 Å². The molecular weight excluding hydrogens is 448 g/mol. The van der Waals surface area contributed by atoms with Crippen molar-refractivity contribution in [3.05, 3.63) is 86.6 Å². The van der Waals surface area contributed by atoms with Crippen LogP contribution >= 0.6 is 11.3 Å². The number of nitrogens with zero attached hydrogens (tertiary/aromatic N) is 3. The van der Waals surface area contributed by atoms with Crippen molar-refractivity contribution in [2.24, 2.45) is 10.2 Å². The number of aromatic amines is 1. The highest BCUT2D eigenvalue weighted by molar-refractivity contribution is 7.17. The highest BCUT2D eigenvalue weighted by atomic mass is 32.1. The number of nitrogens with one attached hydrogen (secondary N) is 3. The summed E-state index contributed by atoms with van der Waals surface area (Å²) < 4.78 is 0. The summed E-state index contributed by atoms with van der Waals surface area (Å²) in [6.07, 6.45) is 0. The largest absolute Gasteiger partial charge is 0.352 e. The van der Waals surface area contributed by atoms with E-state index < -0.39 is 5.56 Å². The number of azo groups is 1. The molecule has 9 heteroatoms. The van der Waals surface area contributed by atoms with E-state index in [9.17, 15) is 9.59 Å². The standard InChI is InChI=1S/C25H24N6O2S/c1-14-5-9-18(10-6-14)27-20-13-21(30-31-25-26-16(3)22(34-25)17(4)32)24(33)29-23(20)28-19-11-7-15(2)8-12-19/h5-13,27H,1-4H3,(H2,28,29,33). The molecule has 8 nitrogen and oxygen atoms in total. The zero-order chi connectivity index (χ0) is 24.2. The summed E-state index contributed by atoms with van der Waals surface area (Å²) in [5.74, 6) is 0.419. The molecule has 3 N–H and O–H groups in total. The predicted octanol–water partition coefficient (Wildman–Crippen LogP) is 6.86. The first-order chi connectivity index (χ1) is 16.3. The number of hydrogen-bond donors (Lipinski definition) is 3. The molecule has 0 unspecified atom stereocenters. The van der Waals surface area contributed by atoms with Crippen LogP contribution in [0.2, 0.25) is 0 Å². The van der Waals surface area contributed by atoms with Crippen molar-refractivity contribution in [3.63, 3.8) is 0 Å². The summed E-state index contributed by atoms with van der Waals surface area (Å²) in [7, 11) is 0. The van der Waals surface area contributed by atoms with Crippen molar-refractivity contribution in [1.82, 2.24) is 9.97 Å². The van der Waals surface area contributed by atoms with E-state index in [2.05, 4.69) is 30.8 Å². The van der Waals surface area contributed by atoms with E-state index in [0.717, 1.165) is 33.8 Å². The molecule has 0 aliphatic heterocycles. The number of benzene rings is 2. The van der Waals surface area contributed by atoms with E-state index in [0.29, 0.717) is 27.2 Å². The Morgan fingerprint density at radius 3 is 2.06 bits per heavy atom. The van der Waals surface area contributed by atoms with Gasteiger partial charge >= 0.3 is 0 Å². The van der Waals surface area contributed by atoms with Crippen LogP contribution in [0.4, 0.5) is 33.7 Å². The van der Waals surface area contributed by atoms with Gasteiger partial charge in [-0.1, -0.05) is 46.7 Å². The molecule has 4 aromatic rings. The third-order valence-corrected chi connectivity index (χ3v) is 6.16. The van der Waals surface area contributed by atoms with E-state index in [-0.39, 0.29) is 11.5 Å². The SMILES string of the molecule is CC(=O)c1sc(N=Nc2cc(Nc3ccc(C)cc3)c(Nc3ccc(C)cc3)[nH]c2=O)nc1C. The van der Waals surface area contributed by atoms with Crippen molar-refractivity contribution in [3.8, 4) is 0 Å². The Labute approximate surface area is 200 Å². The molecule has 0 bridgehead atoms. The lowest BCUT2D eigenvalue weighted by atomic mass is 10.2. The molecule has 2 heterocycles. The van der Waals surface area contributed by atoms with Crippen molar-refractivity contribution < 1.29 is 4.79 Å². The minimum atomic E-state index is -0.409. The number of ketones is 1. The molecule has 34 heavy (non-hydrogen) atoms. The number of carbonyl (C=O) groups is 1. The number of pyridine rings is 1. The molecule has 0 amide bonds. The maximum Gasteiger partial charge on any atom is 0.277 e. The second-order valence-corrected chi connectivity index (χ2v) is 8.90. The van der Waals surface area contributed by atoms with Crippen molar-refractivity contribution >= 4 is 50.8 Å². The third-order valence-electron chi connectivity index (χ3n) is 5.02. The first-order valence-electron chi connectivity index (χ1n) is 10.6. The van der Waals surface area contributed by atoms with Gasteiger partial charge in [-0.05, 0) is 51.1 Å². The lowest BCUT2D eigenvalue weighted by molar-refractivity contribution is 0.102. The van der Waals surface area contributed by atoms with Gasteiger partial charge in [-0.25, -0.2) is 4.98 Å². The van der Waals surface area contributed by atoms with Crippen LogP contribution in [0.15, 0.2) is 69.6 Å². The number of thiazole rings is 1. The normalized spacial score (nSPS) is 11.1. The average molecular weight is 473 g/mol. The first-order valence-corrected chi connectivity index (χ1v) is 11.4. The van der Waals surface area contributed by atoms with Crippen molar-refractivity contribution in [1.29, 1.82) is 0 Å². The van der Waals surface area contributed by atoms with Crippen LogP contribution in [0.5, 0.6) is 0 Å². The van der Waals surface area contributed by atoms with E-state index in [1.54, 1.807) is 13.0 Å². The van der Waals surface area contributed by atoms with Gasteiger partial charge < -0.3 is 15.6 Å². The summed E-state index contributed by atoms with van der Waals surface area (Å²) in [6.45, 7) is 7.26. The van der Waals surface area contributed by atoms with Crippen LogP contribution in [-0.2, 0) is 0 Å². The number of anilines is 4. The molecule has 0 aliphatic rings. The summed E-state index contributed by atoms with van der Waals surface area (Å²) in [4.78, 5) is 32.1. The fraction of sp³-hybridized carbons (Fsp3) is 0.160. The zero-order valence-electron chi connectivity index (χ0n) is 19.3. The predicted molar refractivity (Wildman–Crippen MR) is 137 cm³/mol. The van der Waals surface area contributed by atoms with Gasteiger partial charge in [0.2, 0.25) is 5.13 Å². The summed E-state index contributed by atoms with van der Waals surface area (Å²) in [5.41, 5.74) is 4.89. The van der Waals surface area contributed by atoms with Crippen LogP contribution in [0.1, 0.15) is 33.4 Å². The molecule has 2 aromatic heterocycles. The molecule has 0 saturated carbocycles. The Morgan fingerprint density at radius 2 is 1.50 bits per heavy atom. The molecule has 0 aliphatic carbocycles. The molecule has 0 spiro atoms. The fourth-order valence-electron chi connectivity index (χ4n) is 3.21. The van der Waals surface area contributed by atoms with Crippen LogP contribution < -0.4 is 16.2 Å². The Bertz CT molecular complexity index is 1420. The Hall–Kier alpha value is -4.11. The number of Topliss-reactive ketones (excluding diaryl/α,β-unsaturated/α-hetero) is 1. The second-order valence-electron chi connectivity index (χ2n) is 7.92. The third kappa shape index (κ3) is 5.44. The topological polar surface area (TPSA) is 112 Å². The molecule has 172 valence electrons. The molecular formula is C25H24N6O2S. The van der Waals surface area contributed by atoms with Gasteiger partial charge in [0.05, 0.1) is 16.3 Å². The maximum atomic E-state index is 12.8. The second kappa shape index (κ2) is 9.80. The van der Waals surface area contributed by atoms with Crippen LogP contribution in [0.3, 0.4) is 0 Å². The quantitative estimate of drug-likeness (QED) is 0.201. The Balaban J connectivity index is 1.70. The minimum absolute atomic E-state index is 0.0783. The number of rotatable bonds is 7. The van der Waals surface area contributed by atoms with Gasteiger partial charge in [-0.15, -0.1) is 10.2 Å². The highest BCUT2D eigenvalue weighted by Gasteiger charge is 2.13. The lowest BCUT2D eigenvalue weighted by Gasteiger charge is -2.14. The number of aromatic nitrogens is 2. The van der Waals surface area contributed by atoms with Gasteiger partial charge in [-0.2, -0.15) is 0 Å². The number of aryl methyl sites for hydroxylation is 3. The smallest absolute Gasteiger partial charge is 0.277 e. The molecule has 2 aromatic carbocycles. The lowest BCUT2D eigenvalue weighted by Crippen LogP contribution is -2.10. The van der Waals surface area contributed by atoms with E-state index in [1.165, 1.54) is 6.92 Å². The van der Waals surface area contributed by atoms with Crippen molar-refractivity contribution in [2.45, 2.75) is 27.7 Å². The van der Waals surface area contributed by atoms with E-state index in [4.69, 9.17) is 0 Å². The minimum Gasteiger partial charge on any atom is -0.352 e. The zero-order valence-corrected chi connectivity index (χ0v) is 20.1. The average Bonchev–Trinajstić information content (AvgIpc) is 3.18. The van der Waals surface area contributed by atoms with Crippen molar-refractivity contribution in [2.75, 3.05) is 10.6 Å². The maximum absolute atomic E-state index is 12.8. The monoisotopic (exact) mass is 472 g/mol. The first kappa shape index (κ1) is 23.1. The molecule has 0 fully saturated rings. The number of hydrogen-bond acceptors (Lipinski definition) is 8.